The number of nitrogens with zero attached hydrogens (tertiary/aromatic N) is 2. The first-order valence-corrected chi connectivity index (χ1v) is 8.99. The molecule has 0 N–H and O–H groups in total. The molecule has 8 heteroatoms. The molecule has 152 valence electrons. The van der Waals surface area contributed by atoms with E-state index in [-0.39, 0.29) is 0 Å². The highest BCUT2D eigenvalue weighted by Gasteiger charge is 2.13. The zero-order valence-electron chi connectivity index (χ0n) is 16.8. The number of benzene rings is 2. The second-order valence-corrected chi connectivity index (χ2v) is 6.25. The van der Waals surface area contributed by atoms with Crippen molar-refractivity contribution in [1.82, 2.24) is 9.97 Å². The Morgan fingerprint density at radius 3 is 1.83 bits per heavy atom. The van der Waals surface area contributed by atoms with Gasteiger partial charge in [-0.2, -0.15) is 0 Å². The first kappa shape index (κ1) is 20.5. The molecule has 3 aromatic rings. The maximum atomic E-state index is 6.37. The van der Waals surface area contributed by atoms with Gasteiger partial charge in [-0.25, -0.2) is 9.97 Å². The number of rotatable bonds is 7. The molecule has 0 spiro atoms. The molecule has 0 saturated heterocycles. The van der Waals surface area contributed by atoms with Crippen molar-refractivity contribution in [2.24, 2.45) is 0 Å². The fraction of sp³-hybridized carbons (Fsp3) is 0.238. The van der Waals surface area contributed by atoms with Gasteiger partial charge in [0.1, 0.15) is 5.15 Å². The van der Waals surface area contributed by atoms with Crippen LogP contribution < -0.4 is 23.7 Å². The molecular weight excluding hydrogens is 396 g/mol. The molecule has 0 amide bonds. The van der Waals surface area contributed by atoms with Crippen molar-refractivity contribution in [3.63, 3.8) is 0 Å². The van der Waals surface area contributed by atoms with E-state index in [0.717, 1.165) is 5.56 Å². The standard InChI is InChI=1S/C21H21ClN2O5/c1-25-15-10-13-14(11-16(15)26-2)23-19(24-21(13)22)7-6-12-8-17(27-3)20(29-5)18(9-12)28-4/h6-11H,1-5H3/b7-6+. The molecule has 0 atom stereocenters. The van der Waals surface area contributed by atoms with Crippen molar-refractivity contribution in [3.05, 3.63) is 40.8 Å². The molecule has 0 radical (unpaired) electrons. The van der Waals surface area contributed by atoms with Crippen molar-refractivity contribution < 1.29 is 23.7 Å². The summed E-state index contributed by atoms with van der Waals surface area (Å²) in [5.41, 5.74) is 1.47. The third-order valence-electron chi connectivity index (χ3n) is 4.28. The minimum Gasteiger partial charge on any atom is -0.493 e. The van der Waals surface area contributed by atoms with E-state index in [4.69, 9.17) is 35.3 Å². The lowest BCUT2D eigenvalue weighted by Gasteiger charge is -2.12. The lowest BCUT2D eigenvalue weighted by atomic mass is 10.1. The van der Waals surface area contributed by atoms with Crippen LogP contribution in [0.2, 0.25) is 5.15 Å². The fourth-order valence-corrected chi connectivity index (χ4v) is 3.12. The van der Waals surface area contributed by atoms with Gasteiger partial charge in [0.15, 0.2) is 28.8 Å². The zero-order chi connectivity index (χ0) is 21.0. The Bertz CT molecular complexity index is 1040. The highest BCUT2D eigenvalue weighted by atomic mass is 35.5. The van der Waals surface area contributed by atoms with Crippen molar-refractivity contribution >= 4 is 34.7 Å². The highest BCUT2D eigenvalue weighted by Crippen LogP contribution is 2.39. The molecule has 2 aromatic carbocycles. The Labute approximate surface area is 173 Å². The molecule has 7 nitrogen and oxygen atoms in total. The van der Waals surface area contributed by atoms with E-state index in [2.05, 4.69) is 9.97 Å². The van der Waals surface area contributed by atoms with Crippen LogP contribution in [0, 0.1) is 0 Å². The fourth-order valence-electron chi connectivity index (χ4n) is 2.88. The molecule has 1 heterocycles. The predicted octanol–water partition coefficient (Wildman–Crippen LogP) is 4.50. The normalized spacial score (nSPS) is 11.0. The summed E-state index contributed by atoms with van der Waals surface area (Å²) in [5, 5.41) is 0.995. The van der Waals surface area contributed by atoms with Crippen LogP contribution in [0.4, 0.5) is 0 Å². The second-order valence-electron chi connectivity index (χ2n) is 5.89. The van der Waals surface area contributed by atoms with E-state index >= 15 is 0 Å². The lowest BCUT2D eigenvalue weighted by molar-refractivity contribution is 0.324. The van der Waals surface area contributed by atoms with Crippen molar-refractivity contribution in [2.45, 2.75) is 0 Å². The zero-order valence-corrected chi connectivity index (χ0v) is 17.5. The van der Waals surface area contributed by atoms with Crippen molar-refractivity contribution in [2.75, 3.05) is 35.5 Å². The average molecular weight is 417 g/mol. The number of hydrogen-bond donors (Lipinski definition) is 0. The first-order chi connectivity index (χ1) is 14.0. The Hall–Kier alpha value is -3.19. The highest BCUT2D eigenvalue weighted by molar-refractivity contribution is 6.34. The number of aromatic nitrogens is 2. The molecule has 0 bridgehead atoms. The van der Waals surface area contributed by atoms with Gasteiger partial charge < -0.3 is 23.7 Å². The summed E-state index contributed by atoms with van der Waals surface area (Å²) in [6.45, 7) is 0. The molecule has 29 heavy (non-hydrogen) atoms. The number of ether oxygens (including phenoxy) is 5. The third-order valence-corrected chi connectivity index (χ3v) is 4.57. The number of fused-ring (bicyclic) bond motifs is 1. The van der Waals surface area contributed by atoms with Gasteiger partial charge >= 0.3 is 0 Å². The predicted molar refractivity (Wildman–Crippen MR) is 113 cm³/mol. The second kappa shape index (κ2) is 8.87. The summed E-state index contributed by atoms with van der Waals surface area (Å²) in [4.78, 5) is 8.90. The third kappa shape index (κ3) is 4.14. The van der Waals surface area contributed by atoms with Crippen LogP contribution in [0.5, 0.6) is 28.7 Å². The smallest absolute Gasteiger partial charge is 0.203 e. The maximum absolute atomic E-state index is 6.37. The van der Waals surface area contributed by atoms with E-state index in [1.807, 2.05) is 18.2 Å². The summed E-state index contributed by atoms with van der Waals surface area (Å²) in [6.07, 6.45) is 3.59. The van der Waals surface area contributed by atoms with Crippen LogP contribution in [0.25, 0.3) is 23.1 Å². The van der Waals surface area contributed by atoms with Gasteiger partial charge in [-0.15, -0.1) is 0 Å². The van der Waals surface area contributed by atoms with E-state index < -0.39 is 0 Å². The SMILES string of the molecule is COc1cc2nc(/C=C/c3cc(OC)c(OC)c(OC)c3)nc(Cl)c2cc1OC. The van der Waals surface area contributed by atoms with Crippen molar-refractivity contribution in [1.29, 1.82) is 0 Å². The number of hydrogen-bond acceptors (Lipinski definition) is 7. The lowest BCUT2D eigenvalue weighted by Crippen LogP contribution is -1.96. The van der Waals surface area contributed by atoms with Crippen molar-refractivity contribution in [3.8, 4) is 28.7 Å². The average Bonchev–Trinajstić information content (AvgIpc) is 2.75. The number of halogens is 1. The number of methoxy groups -OCH3 is 5. The molecule has 0 aliphatic rings. The van der Waals surface area contributed by atoms with Gasteiger partial charge in [0.25, 0.3) is 0 Å². The molecule has 0 fully saturated rings. The topological polar surface area (TPSA) is 71.9 Å². The Balaban J connectivity index is 2.03. The van der Waals surface area contributed by atoms with Gasteiger partial charge in [-0.3, -0.25) is 0 Å². The summed E-state index contributed by atoms with van der Waals surface area (Å²) in [6, 6.07) is 7.17. The van der Waals surface area contributed by atoms with Crippen LogP contribution >= 0.6 is 11.6 Å². The van der Waals surface area contributed by atoms with E-state index in [9.17, 15) is 0 Å². The van der Waals surface area contributed by atoms with E-state index in [1.165, 1.54) is 0 Å². The van der Waals surface area contributed by atoms with Gasteiger partial charge in [0.2, 0.25) is 5.75 Å². The van der Waals surface area contributed by atoms with E-state index in [0.29, 0.717) is 50.6 Å². The summed E-state index contributed by atoms with van der Waals surface area (Å²) < 4.78 is 26.7. The molecule has 0 unspecified atom stereocenters. The molecule has 0 saturated carbocycles. The quantitative estimate of drug-likeness (QED) is 0.525. The minimum absolute atomic E-state index is 0.320. The van der Waals surface area contributed by atoms with Crippen LogP contribution in [-0.2, 0) is 0 Å². The summed E-state index contributed by atoms with van der Waals surface area (Å²) in [7, 11) is 7.83. The summed E-state index contributed by atoms with van der Waals surface area (Å²) in [5.74, 6) is 3.21. The van der Waals surface area contributed by atoms with Crippen LogP contribution in [0.3, 0.4) is 0 Å². The maximum Gasteiger partial charge on any atom is 0.203 e. The molecular formula is C21H21ClN2O5. The molecule has 0 aliphatic carbocycles. The largest absolute Gasteiger partial charge is 0.493 e. The van der Waals surface area contributed by atoms with Crippen LogP contribution in [-0.4, -0.2) is 45.5 Å². The molecule has 0 aliphatic heterocycles. The monoisotopic (exact) mass is 416 g/mol. The van der Waals surface area contributed by atoms with Crippen LogP contribution in [0.1, 0.15) is 11.4 Å². The summed E-state index contributed by atoms with van der Waals surface area (Å²) >= 11 is 6.37. The Morgan fingerprint density at radius 2 is 1.28 bits per heavy atom. The Morgan fingerprint density at radius 1 is 0.690 bits per heavy atom. The van der Waals surface area contributed by atoms with E-state index in [1.54, 1.807) is 53.8 Å². The van der Waals surface area contributed by atoms with Crippen LogP contribution in [0.15, 0.2) is 24.3 Å². The molecule has 3 rings (SSSR count). The van der Waals surface area contributed by atoms with Gasteiger partial charge in [0.05, 0.1) is 41.1 Å². The van der Waals surface area contributed by atoms with Gasteiger partial charge in [0, 0.05) is 11.5 Å². The molecule has 1 aromatic heterocycles. The Kier molecular flexibility index (Phi) is 6.29. The van der Waals surface area contributed by atoms with Gasteiger partial charge in [-0.1, -0.05) is 17.7 Å². The van der Waals surface area contributed by atoms with Gasteiger partial charge in [-0.05, 0) is 29.8 Å². The first-order valence-electron chi connectivity index (χ1n) is 8.62. The minimum atomic E-state index is 0.320.